The third kappa shape index (κ3) is 3.98. The molecule has 4 nitrogen and oxygen atoms in total. The van der Waals surface area contributed by atoms with Crippen molar-refractivity contribution in [1.29, 1.82) is 0 Å². The molecule has 1 aromatic carbocycles. The molecule has 0 bridgehead atoms. The lowest BCUT2D eigenvalue weighted by Gasteiger charge is -2.34. The molecule has 0 aliphatic rings. The Balaban J connectivity index is 2.82. The van der Waals surface area contributed by atoms with Crippen LogP contribution in [0.2, 0.25) is 0 Å². The van der Waals surface area contributed by atoms with E-state index in [4.69, 9.17) is 5.73 Å². The highest BCUT2D eigenvalue weighted by atomic mass is 32.2. The quantitative estimate of drug-likeness (QED) is 0.786. The van der Waals surface area contributed by atoms with E-state index in [1.807, 2.05) is 51.0 Å². The maximum Gasteiger partial charge on any atom is 0.251 e. The summed E-state index contributed by atoms with van der Waals surface area (Å²) in [6.45, 7) is 4.78. The predicted molar refractivity (Wildman–Crippen MR) is 87.0 cm³/mol. The molecule has 0 radical (unpaired) electrons. The summed E-state index contributed by atoms with van der Waals surface area (Å²) in [4.78, 5) is 13.7. The van der Waals surface area contributed by atoms with E-state index in [0.717, 1.165) is 11.3 Å². The fourth-order valence-electron chi connectivity index (χ4n) is 1.75. The Morgan fingerprint density at radius 3 is 2.55 bits per heavy atom. The minimum absolute atomic E-state index is 0.0487. The lowest BCUT2D eigenvalue weighted by atomic mass is 10.1. The lowest BCUT2D eigenvalue weighted by Crippen LogP contribution is -2.44. The number of nitrogens with two attached hydrogens (primary N) is 1. The molecule has 0 spiro atoms. The Hall–Kier alpha value is -1.04. The molecular weight excluding hydrogens is 270 g/mol. The molecular formula is C15H25N3OS. The summed E-state index contributed by atoms with van der Waals surface area (Å²) < 4.78 is 0. The van der Waals surface area contributed by atoms with Crippen LogP contribution in [0.15, 0.2) is 18.2 Å². The van der Waals surface area contributed by atoms with Gasteiger partial charge in [0.25, 0.3) is 5.91 Å². The number of hydrogen-bond acceptors (Lipinski definition) is 4. The Morgan fingerprint density at radius 2 is 2.10 bits per heavy atom. The molecule has 0 aromatic heterocycles. The van der Waals surface area contributed by atoms with Gasteiger partial charge >= 0.3 is 0 Å². The molecule has 3 N–H and O–H groups in total. The van der Waals surface area contributed by atoms with Crippen LogP contribution in [0.4, 0.5) is 0 Å². The van der Waals surface area contributed by atoms with E-state index in [1.54, 1.807) is 7.05 Å². The number of carbonyl (C=O) groups excluding carboxylic acids is 1. The molecule has 1 atom stereocenters. The summed E-state index contributed by atoms with van der Waals surface area (Å²) in [5.74, 6) is 0.832. The molecule has 0 fully saturated rings. The molecule has 0 saturated heterocycles. The maximum absolute atomic E-state index is 11.6. The number of nitrogens with one attached hydrogen (secondary N) is 1. The van der Waals surface area contributed by atoms with Gasteiger partial charge in [-0.1, -0.05) is 6.07 Å². The highest BCUT2D eigenvalue weighted by Crippen LogP contribution is 2.30. The zero-order valence-electron chi connectivity index (χ0n) is 13.0. The van der Waals surface area contributed by atoms with Gasteiger partial charge in [-0.15, -0.1) is 11.8 Å². The standard InChI is InChI=1S/C15H25N3OS/c1-11-8-12(14(19)17-3)6-7-13(11)9-20-15(2,10-16)18(4)5/h6-8H,9-10,16H2,1-5H3,(H,17,19)/t15-/m1/s1. The molecule has 20 heavy (non-hydrogen) atoms. The first-order chi connectivity index (χ1) is 9.34. The molecule has 0 heterocycles. The van der Waals surface area contributed by atoms with Gasteiger partial charge in [-0.2, -0.15) is 0 Å². The number of carbonyl (C=O) groups is 1. The third-order valence-electron chi connectivity index (χ3n) is 3.70. The summed E-state index contributed by atoms with van der Waals surface area (Å²) in [5.41, 5.74) is 8.95. The number of aryl methyl sites for hydroxylation is 1. The van der Waals surface area contributed by atoms with Crippen LogP contribution in [0.5, 0.6) is 0 Å². The van der Waals surface area contributed by atoms with Gasteiger partial charge < -0.3 is 11.1 Å². The van der Waals surface area contributed by atoms with Gasteiger partial charge in [-0.25, -0.2) is 0 Å². The number of likely N-dealkylation sites (N-methyl/N-ethyl adjacent to an activating group) is 1. The van der Waals surface area contributed by atoms with Crippen molar-refractivity contribution in [3.05, 3.63) is 34.9 Å². The maximum atomic E-state index is 11.6. The minimum atomic E-state index is -0.0775. The highest BCUT2D eigenvalue weighted by molar-refractivity contribution is 7.99. The summed E-state index contributed by atoms with van der Waals surface area (Å²) >= 11 is 1.82. The number of hydrogen-bond donors (Lipinski definition) is 2. The van der Waals surface area contributed by atoms with Crippen molar-refractivity contribution in [2.45, 2.75) is 24.5 Å². The van der Waals surface area contributed by atoms with Gasteiger partial charge in [0.05, 0.1) is 4.87 Å². The molecule has 5 heteroatoms. The highest BCUT2D eigenvalue weighted by Gasteiger charge is 2.25. The van der Waals surface area contributed by atoms with Gasteiger partial charge in [0.15, 0.2) is 0 Å². The van der Waals surface area contributed by atoms with Crippen molar-refractivity contribution < 1.29 is 4.79 Å². The van der Waals surface area contributed by atoms with Crippen LogP contribution in [-0.2, 0) is 5.75 Å². The van der Waals surface area contributed by atoms with Crippen LogP contribution in [0.1, 0.15) is 28.4 Å². The summed E-state index contributed by atoms with van der Waals surface area (Å²) in [6, 6.07) is 5.83. The Bertz CT molecular complexity index is 476. The van der Waals surface area contributed by atoms with Crippen molar-refractivity contribution in [3.63, 3.8) is 0 Å². The first kappa shape index (κ1) is 17.0. The van der Waals surface area contributed by atoms with Crippen molar-refractivity contribution in [1.82, 2.24) is 10.2 Å². The van der Waals surface area contributed by atoms with Crippen molar-refractivity contribution in [2.75, 3.05) is 27.7 Å². The SMILES string of the molecule is CNC(=O)c1ccc(CS[C@](C)(CN)N(C)C)c(C)c1. The van der Waals surface area contributed by atoms with E-state index in [0.29, 0.717) is 12.1 Å². The predicted octanol–water partition coefficient (Wildman–Crippen LogP) is 1.82. The van der Waals surface area contributed by atoms with Gasteiger partial charge in [0, 0.05) is 24.9 Å². The number of nitrogens with zero attached hydrogens (tertiary/aromatic N) is 1. The van der Waals surface area contributed by atoms with E-state index < -0.39 is 0 Å². The zero-order chi connectivity index (χ0) is 15.3. The Labute approximate surface area is 126 Å². The average molecular weight is 295 g/mol. The van der Waals surface area contributed by atoms with Gasteiger partial charge in [0.2, 0.25) is 0 Å². The zero-order valence-corrected chi connectivity index (χ0v) is 13.8. The van der Waals surface area contributed by atoms with E-state index >= 15 is 0 Å². The van der Waals surface area contributed by atoms with Crippen LogP contribution >= 0.6 is 11.8 Å². The molecule has 1 aromatic rings. The second kappa shape index (κ2) is 7.11. The second-order valence-electron chi connectivity index (χ2n) is 5.28. The first-order valence-corrected chi connectivity index (χ1v) is 7.65. The van der Waals surface area contributed by atoms with Crippen LogP contribution < -0.4 is 11.1 Å². The minimum Gasteiger partial charge on any atom is -0.355 e. The fourth-order valence-corrected chi connectivity index (χ4v) is 2.91. The smallest absolute Gasteiger partial charge is 0.251 e. The fraction of sp³-hybridized carbons (Fsp3) is 0.533. The van der Waals surface area contributed by atoms with Crippen molar-refractivity contribution in [3.8, 4) is 0 Å². The number of rotatable bonds is 6. The third-order valence-corrected chi connectivity index (χ3v) is 5.30. The topological polar surface area (TPSA) is 58.4 Å². The van der Waals surface area contributed by atoms with Crippen LogP contribution in [-0.4, -0.2) is 43.4 Å². The molecule has 0 aliphatic carbocycles. The van der Waals surface area contributed by atoms with Gasteiger partial charge in [-0.3, -0.25) is 9.69 Å². The molecule has 0 aliphatic heterocycles. The summed E-state index contributed by atoms with van der Waals surface area (Å²) in [7, 11) is 5.73. The Morgan fingerprint density at radius 1 is 1.45 bits per heavy atom. The monoisotopic (exact) mass is 295 g/mol. The van der Waals surface area contributed by atoms with E-state index in [2.05, 4.69) is 17.1 Å². The average Bonchev–Trinajstić information content (AvgIpc) is 2.44. The summed E-state index contributed by atoms with van der Waals surface area (Å²) in [6.07, 6.45) is 0. The number of amides is 1. The van der Waals surface area contributed by atoms with Crippen LogP contribution in [0.3, 0.4) is 0 Å². The molecule has 112 valence electrons. The van der Waals surface area contributed by atoms with E-state index in [9.17, 15) is 4.79 Å². The van der Waals surface area contributed by atoms with Crippen molar-refractivity contribution >= 4 is 17.7 Å². The normalized spacial score (nSPS) is 14.2. The van der Waals surface area contributed by atoms with Crippen LogP contribution in [0, 0.1) is 6.92 Å². The molecule has 0 unspecified atom stereocenters. The Kier molecular flexibility index (Phi) is 6.05. The van der Waals surface area contributed by atoms with Gasteiger partial charge in [-0.05, 0) is 51.2 Å². The lowest BCUT2D eigenvalue weighted by molar-refractivity contribution is 0.0963. The van der Waals surface area contributed by atoms with Crippen LogP contribution in [0.25, 0.3) is 0 Å². The van der Waals surface area contributed by atoms with Crippen molar-refractivity contribution in [2.24, 2.45) is 5.73 Å². The second-order valence-corrected chi connectivity index (χ2v) is 6.74. The number of thioether (sulfide) groups is 1. The largest absolute Gasteiger partial charge is 0.355 e. The first-order valence-electron chi connectivity index (χ1n) is 6.67. The van der Waals surface area contributed by atoms with E-state index in [-0.39, 0.29) is 10.8 Å². The molecule has 0 saturated carbocycles. The molecule has 1 amide bonds. The number of benzene rings is 1. The van der Waals surface area contributed by atoms with Gasteiger partial charge in [0.1, 0.15) is 0 Å². The van der Waals surface area contributed by atoms with E-state index in [1.165, 1.54) is 5.56 Å². The summed E-state index contributed by atoms with van der Waals surface area (Å²) in [5, 5.41) is 2.64. The molecule has 1 rings (SSSR count).